The van der Waals surface area contributed by atoms with Crippen molar-refractivity contribution in [2.45, 2.75) is 38.8 Å². The molecule has 3 amide bonds. The van der Waals surface area contributed by atoms with E-state index in [0.29, 0.717) is 0 Å². The smallest absolute Gasteiger partial charge is 0.253 e. The van der Waals surface area contributed by atoms with Gasteiger partial charge < -0.3 is 4.90 Å². The molecule has 0 aromatic carbocycles. The molecule has 0 aromatic heterocycles. The van der Waals surface area contributed by atoms with Crippen LogP contribution in [0.3, 0.4) is 0 Å². The van der Waals surface area contributed by atoms with Crippen LogP contribution in [0.15, 0.2) is 12.2 Å². The number of hydrogen-bond acceptors (Lipinski definition) is 3. The number of imide groups is 1. The Morgan fingerprint density at radius 2 is 1.67 bits per heavy atom. The van der Waals surface area contributed by atoms with Gasteiger partial charge in [-0.25, -0.2) is 0 Å². The first-order chi connectivity index (χ1) is 8.26. The zero-order valence-corrected chi connectivity index (χ0v) is 11.1. The predicted molar refractivity (Wildman–Crippen MR) is 65.4 cm³/mol. The summed E-state index contributed by atoms with van der Waals surface area (Å²) in [7, 11) is 1.76. The minimum absolute atomic E-state index is 0.0319. The third-order valence-corrected chi connectivity index (χ3v) is 4.49. The number of nitrogens with zero attached hydrogens (tertiary/aromatic N) is 2. The molecule has 0 aromatic rings. The van der Waals surface area contributed by atoms with E-state index >= 15 is 0 Å². The van der Waals surface area contributed by atoms with Crippen molar-refractivity contribution < 1.29 is 14.4 Å². The molecule has 98 valence electrons. The monoisotopic (exact) mass is 250 g/mol. The van der Waals surface area contributed by atoms with Crippen molar-refractivity contribution in [3.63, 3.8) is 0 Å². The van der Waals surface area contributed by atoms with Crippen LogP contribution in [-0.2, 0) is 14.4 Å². The van der Waals surface area contributed by atoms with Crippen LogP contribution in [0.1, 0.15) is 27.2 Å². The topological polar surface area (TPSA) is 57.7 Å². The van der Waals surface area contributed by atoms with Gasteiger partial charge in [0.15, 0.2) is 0 Å². The van der Waals surface area contributed by atoms with E-state index in [1.165, 1.54) is 17.1 Å². The highest BCUT2D eigenvalue weighted by atomic mass is 16.2. The SMILES string of the molecule is CC1C(N2C(=O)C=CC2=O)CC(=O)N(C)C1(C)C. The fourth-order valence-electron chi connectivity index (χ4n) is 2.64. The molecule has 0 spiro atoms. The number of likely N-dealkylation sites (tertiary alicyclic amines) is 1. The largest absolute Gasteiger partial charge is 0.340 e. The van der Waals surface area contributed by atoms with E-state index in [0.717, 1.165) is 0 Å². The highest BCUT2D eigenvalue weighted by Gasteiger charge is 2.48. The average Bonchev–Trinajstić information content (AvgIpc) is 2.62. The Morgan fingerprint density at radius 1 is 1.17 bits per heavy atom. The van der Waals surface area contributed by atoms with Gasteiger partial charge in [0.25, 0.3) is 11.8 Å². The van der Waals surface area contributed by atoms with Crippen molar-refractivity contribution in [3.05, 3.63) is 12.2 Å². The minimum Gasteiger partial charge on any atom is -0.340 e. The second-order valence-electron chi connectivity index (χ2n) is 5.55. The van der Waals surface area contributed by atoms with Crippen LogP contribution >= 0.6 is 0 Å². The van der Waals surface area contributed by atoms with Crippen molar-refractivity contribution in [1.29, 1.82) is 0 Å². The molecule has 2 atom stereocenters. The Kier molecular flexibility index (Phi) is 2.80. The van der Waals surface area contributed by atoms with Crippen LogP contribution in [0.25, 0.3) is 0 Å². The number of carbonyl (C=O) groups excluding carboxylic acids is 3. The third kappa shape index (κ3) is 1.65. The molecule has 2 heterocycles. The molecule has 0 N–H and O–H groups in total. The van der Waals surface area contributed by atoms with Crippen LogP contribution in [0.2, 0.25) is 0 Å². The van der Waals surface area contributed by atoms with E-state index in [-0.39, 0.29) is 41.6 Å². The molecule has 2 aliphatic rings. The molecule has 18 heavy (non-hydrogen) atoms. The predicted octanol–water partition coefficient (Wildman–Crippen LogP) is 0.557. The van der Waals surface area contributed by atoms with E-state index in [4.69, 9.17) is 0 Å². The molecular weight excluding hydrogens is 232 g/mol. The van der Waals surface area contributed by atoms with Crippen molar-refractivity contribution in [2.24, 2.45) is 5.92 Å². The summed E-state index contributed by atoms with van der Waals surface area (Å²) >= 11 is 0. The second kappa shape index (κ2) is 3.93. The summed E-state index contributed by atoms with van der Waals surface area (Å²) in [6.45, 7) is 5.90. The van der Waals surface area contributed by atoms with E-state index < -0.39 is 0 Å². The summed E-state index contributed by atoms with van der Waals surface area (Å²) in [5.41, 5.74) is -0.372. The Bertz CT molecular complexity index is 435. The van der Waals surface area contributed by atoms with Gasteiger partial charge in [-0.1, -0.05) is 6.92 Å². The standard InChI is InChI=1S/C13H18N2O3/c1-8-9(15-10(16)5-6-11(15)17)7-12(18)14(4)13(8,2)3/h5-6,8-9H,7H2,1-4H3. The lowest BCUT2D eigenvalue weighted by atomic mass is 9.76. The maximum atomic E-state index is 12.0. The number of piperidine rings is 1. The van der Waals surface area contributed by atoms with E-state index in [1.807, 2.05) is 20.8 Å². The van der Waals surface area contributed by atoms with E-state index in [1.54, 1.807) is 11.9 Å². The van der Waals surface area contributed by atoms with Crippen LogP contribution in [-0.4, -0.2) is 46.1 Å². The molecule has 2 unspecified atom stereocenters. The van der Waals surface area contributed by atoms with Gasteiger partial charge in [0.1, 0.15) is 0 Å². The molecule has 5 nitrogen and oxygen atoms in total. The lowest BCUT2D eigenvalue weighted by Crippen LogP contribution is -2.62. The summed E-state index contributed by atoms with van der Waals surface area (Å²) in [6, 6.07) is -0.348. The molecule has 1 fully saturated rings. The molecule has 1 saturated heterocycles. The molecule has 0 aliphatic carbocycles. The lowest BCUT2D eigenvalue weighted by molar-refractivity contribution is -0.153. The van der Waals surface area contributed by atoms with Gasteiger partial charge in [0.2, 0.25) is 5.91 Å². The van der Waals surface area contributed by atoms with Gasteiger partial charge in [-0.3, -0.25) is 19.3 Å². The van der Waals surface area contributed by atoms with Gasteiger partial charge in [-0.2, -0.15) is 0 Å². The molecule has 2 aliphatic heterocycles. The zero-order valence-electron chi connectivity index (χ0n) is 11.1. The Morgan fingerprint density at radius 3 is 2.17 bits per heavy atom. The lowest BCUT2D eigenvalue weighted by Gasteiger charge is -2.50. The van der Waals surface area contributed by atoms with Crippen molar-refractivity contribution >= 4 is 17.7 Å². The maximum absolute atomic E-state index is 12.0. The van der Waals surface area contributed by atoms with Crippen LogP contribution in [0.4, 0.5) is 0 Å². The highest BCUT2D eigenvalue weighted by molar-refractivity contribution is 6.13. The van der Waals surface area contributed by atoms with E-state index in [9.17, 15) is 14.4 Å². The normalized spacial score (nSPS) is 31.4. The summed E-state index contributed by atoms with van der Waals surface area (Å²) in [5, 5.41) is 0. The summed E-state index contributed by atoms with van der Waals surface area (Å²) in [4.78, 5) is 38.4. The van der Waals surface area contributed by atoms with Crippen LogP contribution in [0.5, 0.6) is 0 Å². The Labute approximate surface area is 106 Å². The first-order valence-electron chi connectivity index (χ1n) is 6.08. The third-order valence-electron chi connectivity index (χ3n) is 4.49. The summed E-state index contributed by atoms with van der Waals surface area (Å²) < 4.78 is 0. The van der Waals surface area contributed by atoms with Crippen molar-refractivity contribution in [1.82, 2.24) is 9.80 Å². The molecule has 0 saturated carbocycles. The van der Waals surface area contributed by atoms with E-state index in [2.05, 4.69) is 0 Å². The first kappa shape index (κ1) is 12.8. The summed E-state index contributed by atoms with van der Waals surface area (Å²) in [6.07, 6.45) is 2.75. The zero-order chi connectivity index (χ0) is 13.7. The molecule has 5 heteroatoms. The number of hydrogen-bond donors (Lipinski definition) is 0. The Hall–Kier alpha value is -1.65. The summed E-state index contributed by atoms with van der Waals surface area (Å²) in [5.74, 6) is -0.626. The maximum Gasteiger partial charge on any atom is 0.253 e. The quantitative estimate of drug-likeness (QED) is 0.639. The highest BCUT2D eigenvalue weighted by Crippen LogP contribution is 2.36. The van der Waals surface area contributed by atoms with Gasteiger partial charge in [0.05, 0.1) is 6.04 Å². The fraction of sp³-hybridized carbons (Fsp3) is 0.615. The molecule has 0 bridgehead atoms. The van der Waals surface area contributed by atoms with Gasteiger partial charge >= 0.3 is 0 Å². The Balaban J connectivity index is 2.32. The average molecular weight is 250 g/mol. The second-order valence-corrected chi connectivity index (χ2v) is 5.55. The van der Waals surface area contributed by atoms with Crippen molar-refractivity contribution in [3.8, 4) is 0 Å². The molecular formula is C13H18N2O3. The van der Waals surface area contributed by atoms with Gasteiger partial charge in [0, 0.05) is 37.1 Å². The minimum atomic E-state index is -0.372. The number of rotatable bonds is 1. The van der Waals surface area contributed by atoms with Crippen LogP contribution in [0, 0.1) is 5.92 Å². The van der Waals surface area contributed by atoms with Crippen molar-refractivity contribution in [2.75, 3.05) is 7.05 Å². The number of amides is 3. The van der Waals surface area contributed by atoms with Crippen LogP contribution < -0.4 is 0 Å². The fourth-order valence-corrected chi connectivity index (χ4v) is 2.64. The first-order valence-corrected chi connectivity index (χ1v) is 6.08. The number of carbonyl (C=O) groups is 3. The molecule has 0 radical (unpaired) electrons. The van der Waals surface area contributed by atoms with Gasteiger partial charge in [-0.05, 0) is 13.8 Å². The molecule has 2 rings (SSSR count). The van der Waals surface area contributed by atoms with Gasteiger partial charge in [-0.15, -0.1) is 0 Å².